The zero-order valence-electron chi connectivity index (χ0n) is 9.32. The molecule has 3 aliphatic rings. The maximum atomic E-state index is 11.8. The second-order valence-electron chi connectivity index (χ2n) is 5.18. The summed E-state index contributed by atoms with van der Waals surface area (Å²) in [6.45, 7) is 3.34. The molecule has 4 atom stereocenters. The molecule has 1 heterocycles. The predicted molar refractivity (Wildman–Crippen MR) is 56.5 cm³/mol. The highest BCUT2D eigenvalue weighted by atomic mass is 16.6. The van der Waals surface area contributed by atoms with E-state index in [-0.39, 0.29) is 6.09 Å². The van der Waals surface area contributed by atoms with Crippen molar-refractivity contribution in [2.45, 2.75) is 38.6 Å². The lowest BCUT2D eigenvalue weighted by Gasteiger charge is -2.46. The van der Waals surface area contributed by atoms with Crippen LogP contribution >= 0.6 is 0 Å². The van der Waals surface area contributed by atoms with E-state index in [2.05, 4.69) is 0 Å². The molecule has 4 unspecified atom stereocenters. The fraction of sp³-hybridized carbons (Fsp3) is 0.917. The maximum Gasteiger partial charge on any atom is 0.410 e. The Kier molecular flexibility index (Phi) is 2.15. The first-order chi connectivity index (χ1) is 7.31. The van der Waals surface area contributed by atoms with Gasteiger partial charge in [-0.05, 0) is 37.5 Å². The van der Waals surface area contributed by atoms with Crippen molar-refractivity contribution in [3.63, 3.8) is 0 Å². The molecular formula is C12H19NO2. The summed E-state index contributed by atoms with van der Waals surface area (Å²) in [6, 6.07) is 0.515. The third-order valence-electron chi connectivity index (χ3n) is 4.55. The molecule has 3 heteroatoms. The van der Waals surface area contributed by atoms with Crippen LogP contribution in [0.5, 0.6) is 0 Å². The molecule has 0 N–H and O–H groups in total. The number of carbonyl (C=O) groups excluding carboxylic acids is 1. The molecule has 0 aromatic carbocycles. The predicted octanol–water partition coefficient (Wildman–Crippen LogP) is 2.26. The van der Waals surface area contributed by atoms with Crippen LogP contribution in [0, 0.1) is 17.8 Å². The van der Waals surface area contributed by atoms with Crippen LogP contribution in [0.2, 0.25) is 0 Å². The summed E-state index contributed by atoms with van der Waals surface area (Å²) in [7, 11) is 0. The Morgan fingerprint density at radius 1 is 1.40 bits per heavy atom. The molecule has 2 saturated carbocycles. The Balaban J connectivity index is 1.73. The molecule has 3 fully saturated rings. The number of amides is 1. The van der Waals surface area contributed by atoms with Gasteiger partial charge in [0.15, 0.2) is 0 Å². The summed E-state index contributed by atoms with van der Waals surface area (Å²) in [5.74, 6) is 2.54. The average Bonchev–Trinajstić information content (AvgIpc) is 2.53. The monoisotopic (exact) mass is 209 g/mol. The minimum Gasteiger partial charge on any atom is -0.450 e. The smallest absolute Gasteiger partial charge is 0.410 e. The lowest BCUT2D eigenvalue weighted by Crippen LogP contribution is -2.45. The van der Waals surface area contributed by atoms with E-state index in [1.54, 1.807) is 0 Å². The highest BCUT2D eigenvalue weighted by Gasteiger charge is 2.55. The normalized spacial score (nSPS) is 42.1. The second kappa shape index (κ2) is 3.39. The van der Waals surface area contributed by atoms with Crippen molar-refractivity contribution in [3.05, 3.63) is 0 Å². The molecule has 15 heavy (non-hydrogen) atoms. The summed E-state index contributed by atoms with van der Waals surface area (Å²) in [5, 5.41) is 0. The van der Waals surface area contributed by atoms with Gasteiger partial charge in [-0.2, -0.15) is 0 Å². The van der Waals surface area contributed by atoms with Crippen molar-refractivity contribution in [2.24, 2.45) is 17.8 Å². The summed E-state index contributed by atoms with van der Waals surface area (Å²) in [6.07, 6.45) is 5.19. The number of hydrogen-bond donors (Lipinski definition) is 0. The number of hydrogen-bond acceptors (Lipinski definition) is 2. The summed E-state index contributed by atoms with van der Waals surface area (Å²) in [5.41, 5.74) is 0. The fourth-order valence-electron chi connectivity index (χ4n) is 3.98. The van der Waals surface area contributed by atoms with Gasteiger partial charge in [0.1, 0.15) is 0 Å². The molecule has 0 bridgehead atoms. The third-order valence-corrected chi connectivity index (χ3v) is 4.55. The van der Waals surface area contributed by atoms with Crippen molar-refractivity contribution in [1.82, 2.24) is 4.90 Å². The standard InChI is InChI=1S/C12H19NO2/c1-2-15-12(14)13-7-9-6-8-4-3-5-10(13)11(8)9/h8-11H,2-7H2,1H3. The average molecular weight is 209 g/mol. The molecule has 0 aromatic heterocycles. The van der Waals surface area contributed by atoms with Gasteiger partial charge in [-0.25, -0.2) is 4.79 Å². The number of carbonyl (C=O) groups is 1. The van der Waals surface area contributed by atoms with E-state index in [9.17, 15) is 4.79 Å². The molecule has 0 spiro atoms. The van der Waals surface area contributed by atoms with E-state index in [4.69, 9.17) is 4.74 Å². The summed E-state index contributed by atoms with van der Waals surface area (Å²) < 4.78 is 5.13. The van der Waals surface area contributed by atoms with Crippen LogP contribution in [0.15, 0.2) is 0 Å². The van der Waals surface area contributed by atoms with Crippen LogP contribution < -0.4 is 0 Å². The molecule has 1 saturated heterocycles. The van der Waals surface area contributed by atoms with Crippen LogP contribution in [0.25, 0.3) is 0 Å². The van der Waals surface area contributed by atoms with Gasteiger partial charge in [0.05, 0.1) is 6.61 Å². The van der Waals surface area contributed by atoms with E-state index in [0.717, 1.165) is 24.3 Å². The lowest BCUT2D eigenvalue weighted by atomic mass is 9.59. The van der Waals surface area contributed by atoms with E-state index in [0.29, 0.717) is 12.6 Å². The third kappa shape index (κ3) is 1.28. The Labute approximate surface area is 90.8 Å². The van der Waals surface area contributed by atoms with Gasteiger partial charge in [0.25, 0.3) is 0 Å². The molecule has 0 radical (unpaired) electrons. The first kappa shape index (κ1) is 9.49. The molecule has 84 valence electrons. The van der Waals surface area contributed by atoms with Crippen molar-refractivity contribution >= 4 is 6.09 Å². The Bertz CT molecular complexity index is 279. The molecule has 1 amide bonds. The first-order valence-corrected chi connectivity index (χ1v) is 6.24. The topological polar surface area (TPSA) is 29.5 Å². The van der Waals surface area contributed by atoms with E-state index < -0.39 is 0 Å². The van der Waals surface area contributed by atoms with Crippen LogP contribution in [0.1, 0.15) is 32.6 Å². The van der Waals surface area contributed by atoms with Crippen LogP contribution in [0.4, 0.5) is 4.79 Å². The summed E-state index contributed by atoms with van der Waals surface area (Å²) >= 11 is 0. The van der Waals surface area contributed by atoms with Crippen LogP contribution in [-0.2, 0) is 4.74 Å². The van der Waals surface area contributed by atoms with Crippen LogP contribution in [-0.4, -0.2) is 30.2 Å². The molecule has 3 nitrogen and oxygen atoms in total. The van der Waals surface area contributed by atoms with E-state index in [1.807, 2.05) is 11.8 Å². The number of ether oxygens (including phenoxy) is 1. The number of rotatable bonds is 1. The molecule has 3 rings (SSSR count). The van der Waals surface area contributed by atoms with E-state index in [1.165, 1.54) is 25.7 Å². The summed E-state index contributed by atoms with van der Waals surface area (Å²) in [4.78, 5) is 13.8. The van der Waals surface area contributed by atoms with Gasteiger partial charge in [0, 0.05) is 12.6 Å². The zero-order valence-corrected chi connectivity index (χ0v) is 9.32. The molecule has 0 aromatic rings. The van der Waals surface area contributed by atoms with Gasteiger partial charge in [-0.1, -0.05) is 12.8 Å². The highest BCUT2D eigenvalue weighted by Crippen LogP contribution is 2.55. The van der Waals surface area contributed by atoms with Gasteiger partial charge in [0.2, 0.25) is 0 Å². The fourth-order valence-corrected chi connectivity index (χ4v) is 3.98. The number of nitrogens with zero attached hydrogens (tertiary/aromatic N) is 1. The van der Waals surface area contributed by atoms with Gasteiger partial charge in [-0.15, -0.1) is 0 Å². The molecule has 1 aliphatic heterocycles. The zero-order chi connectivity index (χ0) is 10.4. The Morgan fingerprint density at radius 3 is 3.07 bits per heavy atom. The Hall–Kier alpha value is -0.730. The van der Waals surface area contributed by atoms with Gasteiger partial charge in [-0.3, -0.25) is 0 Å². The van der Waals surface area contributed by atoms with Crippen molar-refractivity contribution < 1.29 is 9.53 Å². The first-order valence-electron chi connectivity index (χ1n) is 6.24. The SMILES string of the molecule is CCOC(=O)N1CC2CC3CCCC1C32. The molecule has 2 aliphatic carbocycles. The second-order valence-corrected chi connectivity index (χ2v) is 5.18. The quantitative estimate of drug-likeness (QED) is 0.663. The lowest BCUT2D eigenvalue weighted by molar-refractivity contribution is 0.0413. The van der Waals surface area contributed by atoms with Crippen molar-refractivity contribution in [1.29, 1.82) is 0 Å². The van der Waals surface area contributed by atoms with Crippen molar-refractivity contribution in [2.75, 3.05) is 13.2 Å². The van der Waals surface area contributed by atoms with Gasteiger partial charge >= 0.3 is 6.09 Å². The molecular weight excluding hydrogens is 190 g/mol. The van der Waals surface area contributed by atoms with Crippen LogP contribution in [0.3, 0.4) is 0 Å². The minimum absolute atomic E-state index is 0.0717. The Morgan fingerprint density at radius 2 is 2.27 bits per heavy atom. The largest absolute Gasteiger partial charge is 0.450 e. The van der Waals surface area contributed by atoms with E-state index >= 15 is 0 Å². The van der Waals surface area contributed by atoms with Gasteiger partial charge < -0.3 is 9.64 Å². The van der Waals surface area contributed by atoms with Crippen molar-refractivity contribution in [3.8, 4) is 0 Å². The maximum absolute atomic E-state index is 11.8. The minimum atomic E-state index is -0.0717. The number of likely N-dealkylation sites (tertiary alicyclic amines) is 1. The highest BCUT2D eigenvalue weighted by molar-refractivity contribution is 5.68.